The van der Waals surface area contributed by atoms with Crippen LogP contribution in [-0.2, 0) is 0 Å². The molecule has 1 aliphatic carbocycles. The van der Waals surface area contributed by atoms with Gasteiger partial charge in [-0.1, -0.05) is 27.2 Å². The maximum absolute atomic E-state index is 6.35. The molecule has 0 aromatic heterocycles. The van der Waals surface area contributed by atoms with Gasteiger partial charge < -0.3 is 5.73 Å². The molecule has 0 aromatic rings. The molecule has 3 atom stereocenters. The number of nitrogens with zero attached hydrogens (tertiary/aromatic N) is 1. The second kappa shape index (κ2) is 4.84. The first-order valence-electron chi connectivity index (χ1n) is 6.37. The molecule has 1 rings (SSSR count). The molecule has 1 fully saturated rings. The van der Waals surface area contributed by atoms with E-state index in [0.717, 1.165) is 0 Å². The van der Waals surface area contributed by atoms with E-state index in [1.165, 1.54) is 25.7 Å². The summed E-state index contributed by atoms with van der Waals surface area (Å²) in [7, 11) is 2.24. The van der Waals surface area contributed by atoms with Crippen molar-refractivity contribution in [2.75, 3.05) is 7.05 Å². The van der Waals surface area contributed by atoms with E-state index in [0.29, 0.717) is 23.5 Å². The fourth-order valence-electron chi connectivity index (χ4n) is 2.79. The normalized spacial score (nSPS) is 32.2. The van der Waals surface area contributed by atoms with E-state index in [-0.39, 0.29) is 0 Å². The van der Waals surface area contributed by atoms with Gasteiger partial charge in [0.05, 0.1) is 0 Å². The van der Waals surface area contributed by atoms with Crippen LogP contribution in [0.25, 0.3) is 0 Å². The Labute approximate surface area is 95.2 Å². The van der Waals surface area contributed by atoms with Crippen LogP contribution in [0.15, 0.2) is 0 Å². The van der Waals surface area contributed by atoms with Gasteiger partial charge in [-0.25, -0.2) is 0 Å². The van der Waals surface area contributed by atoms with Gasteiger partial charge in [0.1, 0.15) is 0 Å². The molecule has 0 amide bonds. The van der Waals surface area contributed by atoms with Crippen molar-refractivity contribution in [1.29, 1.82) is 0 Å². The van der Waals surface area contributed by atoms with Crippen molar-refractivity contribution in [3.05, 3.63) is 0 Å². The molecule has 2 nitrogen and oxygen atoms in total. The van der Waals surface area contributed by atoms with Crippen LogP contribution in [0.1, 0.15) is 53.4 Å². The summed E-state index contributed by atoms with van der Waals surface area (Å²) in [4.78, 5) is 2.50. The van der Waals surface area contributed by atoms with Crippen molar-refractivity contribution in [2.24, 2.45) is 11.1 Å². The molecular formula is C13H28N2. The molecule has 0 heterocycles. The van der Waals surface area contributed by atoms with Gasteiger partial charge in [-0.2, -0.15) is 0 Å². The van der Waals surface area contributed by atoms with E-state index in [9.17, 15) is 0 Å². The van der Waals surface area contributed by atoms with Crippen LogP contribution in [0.5, 0.6) is 0 Å². The summed E-state index contributed by atoms with van der Waals surface area (Å²) in [6.07, 6.45) is 5.07. The van der Waals surface area contributed by atoms with Crippen LogP contribution in [0.3, 0.4) is 0 Å². The third kappa shape index (κ3) is 2.73. The van der Waals surface area contributed by atoms with Gasteiger partial charge in [0.2, 0.25) is 0 Å². The number of likely N-dealkylation sites (N-methyl/N-ethyl adjacent to an activating group) is 1. The molecule has 2 N–H and O–H groups in total. The highest BCUT2D eigenvalue weighted by Gasteiger charge is 2.41. The topological polar surface area (TPSA) is 29.3 Å². The van der Waals surface area contributed by atoms with Crippen LogP contribution in [0.4, 0.5) is 0 Å². The summed E-state index contributed by atoms with van der Waals surface area (Å²) in [5, 5.41) is 0. The Kier molecular flexibility index (Phi) is 4.19. The van der Waals surface area contributed by atoms with Crippen LogP contribution >= 0.6 is 0 Å². The Hall–Kier alpha value is -0.0800. The van der Waals surface area contributed by atoms with Gasteiger partial charge in [0.15, 0.2) is 0 Å². The van der Waals surface area contributed by atoms with Crippen molar-refractivity contribution in [2.45, 2.75) is 71.5 Å². The maximum atomic E-state index is 6.35. The van der Waals surface area contributed by atoms with Gasteiger partial charge >= 0.3 is 0 Å². The lowest BCUT2D eigenvalue weighted by atomic mass is 9.87. The van der Waals surface area contributed by atoms with Crippen LogP contribution < -0.4 is 5.73 Å². The van der Waals surface area contributed by atoms with E-state index in [1.54, 1.807) is 0 Å². The highest BCUT2D eigenvalue weighted by molar-refractivity contribution is 4.99. The predicted molar refractivity (Wildman–Crippen MR) is 66.9 cm³/mol. The lowest BCUT2D eigenvalue weighted by molar-refractivity contribution is 0.148. The molecule has 3 unspecified atom stereocenters. The van der Waals surface area contributed by atoms with E-state index < -0.39 is 0 Å². The Morgan fingerprint density at radius 1 is 1.47 bits per heavy atom. The largest absolute Gasteiger partial charge is 0.326 e. The van der Waals surface area contributed by atoms with Crippen molar-refractivity contribution in [3.63, 3.8) is 0 Å². The zero-order valence-corrected chi connectivity index (χ0v) is 11.1. The Morgan fingerprint density at radius 2 is 2.07 bits per heavy atom. The number of hydrogen-bond acceptors (Lipinski definition) is 2. The molecule has 0 saturated heterocycles. The molecule has 0 spiro atoms. The molecular weight excluding hydrogens is 184 g/mol. The second-order valence-electron chi connectivity index (χ2n) is 5.92. The lowest BCUT2D eigenvalue weighted by Gasteiger charge is -2.36. The molecule has 1 aliphatic rings. The monoisotopic (exact) mass is 212 g/mol. The minimum Gasteiger partial charge on any atom is -0.326 e. The maximum Gasteiger partial charge on any atom is 0.0252 e. The molecule has 0 aliphatic heterocycles. The smallest absolute Gasteiger partial charge is 0.0252 e. The Morgan fingerprint density at radius 3 is 2.47 bits per heavy atom. The summed E-state index contributed by atoms with van der Waals surface area (Å²) >= 11 is 0. The molecule has 0 radical (unpaired) electrons. The number of hydrogen-bond donors (Lipinski definition) is 1. The van der Waals surface area contributed by atoms with Crippen molar-refractivity contribution in [1.82, 2.24) is 4.90 Å². The Bertz CT molecular complexity index is 201. The molecule has 0 aromatic carbocycles. The lowest BCUT2D eigenvalue weighted by Crippen LogP contribution is -2.50. The van der Waals surface area contributed by atoms with Gasteiger partial charge in [-0.3, -0.25) is 4.90 Å². The van der Waals surface area contributed by atoms with Gasteiger partial charge in [-0.15, -0.1) is 0 Å². The zero-order valence-electron chi connectivity index (χ0n) is 11.1. The van der Waals surface area contributed by atoms with E-state index in [4.69, 9.17) is 5.73 Å². The third-order valence-electron chi connectivity index (χ3n) is 4.33. The fraction of sp³-hybridized carbons (Fsp3) is 1.00. The standard InChI is InChI=1S/C13H28N2/c1-6-7-10(2)15(5)11-8-9-13(3,4)12(11)14/h10-12H,6-9,14H2,1-5H3. The first kappa shape index (κ1) is 13.0. The van der Waals surface area contributed by atoms with Crippen LogP contribution in [0.2, 0.25) is 0 Å². The summed E-state index contributed by atoms with van der Waals surface area (Å²) in [6, 6.07) is 1.59. The van der Waals surface area contributed by atoms with E-state index >= 15 is 0 Å². The van der Waals surface area contributed by atoms with Crippen molar-refractivity contribution < 1.29 is 0 Å². The van der Waals surface area contributed by atoms with E-state index in [1.807, 2.05) is 0 Å². The highest BCUT2D eigenvalue weighted by atomic mass is 15.2. The van der Waals surface area contributed by atoms with Crippen molar-refractivity contribution >= 4 is 0 Å². The average molecular weight is 212 g/mol. The molecule has 1 saturated carbocycles. The number of rotatable bonds is 4. The second-order valence-corrected chi connectivity index (χ2v) is 5.92. The highest BCUT2D eigenvalue weighted by Crippen LogP contribution is 2.38. The van der Waals surface area contributed by atoms with Crippen molar-refractivity contribution in [3.8, 4) is 0 Å². The molecule has 90 valence electrons. The quantitative estimate of drug-likeness (QED) is 0.776. The number of nitrogens with two attached hydrogens (primary N) is 1. The van der Waals surface area contributed by atoms with Crippen LogP contribution in [-0.4, -0.2) is 30.1 Å². The van der Waals surface area contributed by atoms with Crippen LogP contribution in [0, 0.1) is 5.41 Å². The fourth-order valence-corrected chi connectivity index (χ4v) is 2.79. The molecule has 2 heteroatoms. The van der Waals surface area contributed by atoms with E-state index in [2.05, 4.69) is 39.6 Å². The summed E-state index contributed by atoms with van der Waals surface area (Å²) in [5.74, 6) is 0. The summed E-state index contributed by atoms with van der Waals surface area (Å²) < 4.78 is 0. The zero-order chi connectivity index (χ0) is 11.6. The minimum atomic E-state index is 0.324. The minimum absolute atomic E-state index is 0.324. The molecule has 0 bridgehead atoms. The Balaban J connectivity index is 2.58. The van der Waals surface area contributed by atoms with Gasteiger partial charge in [0.25, 0.3) is 0 Å². The predicted octanol–water partition coefficient (Wildman–Crippen LogP) is 2.62. The molecule has 15 heavy (non-hydrogen) atoms. The SMILES string of the molecule is CCCC(C)N(C)C1CCC(C)(C)C1N. The first-order chi connectivity index (χ1) is 6.90. The summed E-state index contributed by atoms with van der Waals surface area (Å²) in [5.41, 5.74) is 6.67. The summed E-state index contributed by atoms with van der Waals surface area (Å²) in [6.45, 7) is 9.18. The third-order valence-corrected chi connectivity index (χ3v) is 4.33. The van der Waals surface area contributed by atoms with Gasteiger partial charge in [0, 0.05) is 18.1 Å². The van der Waals surface area contributed by atoms with Gasteiger partial charge in [-0.05, 0) is 38.6 Å². The first-order valence-corrected chi connectivity index (χ1v) is 6.37. The average Bonchev–Trinajstić information content (AvgIpc) is 2.42.